The molecule has 1 aromatic carbocycles. The molecule has 1 heterocycles. The normalized spacial score (nSPS) is 14.6. The Morgan fingerprint density at radius 3 is 2.35 bits per heavy atom. The summed E-state index contributed by atoms with van der Waals surface area (Å²) in [7, 11) is 0. The maximum Gasteiger partial charge on any atom is 0.321 e. The number of anilines is 1. The van der Waals surface area contributed by atoms with Crippen molar-refractivity contribution in [2.24, 2.45) is 11.7 Å². The molecule has 0 aliphatic carbocycles. The van der Waals surface area contributed by atoms with E-state index in [0.29, 0.717) is 6.42 Å². The Bertz CT molecular complexity index is 601. The smallest absolute Gasteiger partial charge is 0.321 e. The van der Waals surface area contributed by atoms with Crippen LogP contribution in [0.2, 0.25) is 0 Å². The Hall–Kier alpha value is -2.74. The molecule has 0 aromatic heterocycles. The Labute approximate surface area is 132 Å². The molecule has 1 amide bonds. The van der Waals surface area contributed by atoms with E-state index >= 15 is 0 Å². The van der Waals surface area contributed by atoms with E-state index in [4.69, 9.17) is 15.9 Å². The Morgan fingerprint density at radius 1 is 1.26 bits per heavy atom. The molecule has 0 saturated carbocycles. The Kier molecular flexibility index (Phi) is 6.40. The molecule has 5 N–H and O–H groups in total. The van der Waals surface area contributed by atoms with Crippen molar-refractivity contribution < 1.29 is 29.4 Å². The molecule has 8 heteroatoms. The van der Waals surface area contributed by atoms with E-state index in [9.17, 15) is 19.2 Å². The number of carbonyl (C=O) groups is 4. The number of ketones is 1. The summed E-state index contributed by atoms with van der Waals surface area (Å²) in [5.41, 5.74) is 7.20. The number of Topliss-reactive ketones (excluding diaryl/α,β-unsaturated/α-hetero) is 1. The van der Waals surface area contributed by atoms with Crippen molar-refractivity contribution in [1.82, 2.24) is 0 Å². The number of carboxylic acid groups (broad SMARTS) is 2. The number of carbonyl (C=O) groups excluding carboxylic acids is 2. The average Bonchev–Trinajstić information content (AvgIpc) is 2.84. The van der Waals surface area contributed by atoms with Gasteiger partial charge in [-0.2, -0.15) is 0 Å². The average molecular weight is 322 g/mol. The van der Waals surface area contributed by atoms with Gasteiger partial charge in [-0.3, -0.25) is 19.2 Å². The molecule has 2 rings (SSSR count). The third kappa shape index (κ3) is 5.51. The molecule has 0 fully saturated rings. The lowest BCUT2D eigenvalue weighted by Crippen LogP contribution is -2.42. The van der Waals surface area contributed by atoms with Crippen molar-refractivity contribution in [3.05, 3.63) is 29.8 Å². The van der Waals surface area contributed by atoms with Gasteiger partial charge in [0.05, 0.1) is 18.8 Å². The maximum absolute atomic E-state index is 10.8. The van der Waals surface area contributed by atoms with Crippen molar-refractivity contribution in [3.63, 3.8) is 0 Å². The number of amides is 1. The molecule has 0 radical (unpaired) electrons. The molecule has 8 nitrogen and oxygen atoms in total. The van der Waals surface area contributed by atoms with Gasteiger partial charge in [-0.05, 0) is 18.6 Å². The first-order chi connectivity index (χ1) is 10.7. The summed E-state index contributed by atoms with van der Waals surface area (Å²) in [6.07, 6.45) is -0.0149. The van der Waals surface area contributed by atoms with Crippen LogP contribution in [0.4, 0.5) is 5.69 Å². The van der Waals surface area contributed by atoms with Gasteiger partial charge in [-0.1, -0.05) is 18.2 Å². The topological polar surface area (TPSA) is 147 Å². The van der Waals surface area contributed by atoms with Crippen molar-refractivity contribution >= 4 is 29.3 Å². The maximum atomic E-state index is 10.8. The largest absolute Gasteiger partial charge is 0.481 e. The monoisotopic (exact) mass is 322 g/mol. The fourth-order valence-electron chi connectivity index (χ4n) is 2.05. The van der Waals surface area contributed by atoms with Crippen molar-refractivity contribution in [3.8, 4) is 0 Å². The minimum Gasteiger partial charge on any atom is -0.481 e. The number of hydrogen-bond donors (Lipinski definition) is 4. The van der Waals surface area contributed by atoms with E-state index in [-0.39, 0.29) is 5.91 Å². The molecule has 1 unspecified atom stereocenters. The third-order valence-corrected chi connectivity index (χ3v) is 3.28. The predicted octanol–water partition coefficient (Wildman–Crippen LogP) is 0.259. The molecule has 1 aromatic rings. The third-order valence-electron chi connectivity index (χ3n) is 3.28. The van der Waals surface area contributed by atoms with Crippen LogP contribution in [0.3, 0.4) is 0 Å². The highest BCUT2D eigenvalue weighted by Crippen LogP contribution is 2.21. The van der Waals surface area contributed by atoms with Gasteiger partial charge in [0.25, 0.3) is 0 Å². The van der Waals surface area contributed by atoms with E-state index < -0.39 is 36.1 Å². The van der Waals surface area contributed by atoms with E-state index in [1.54, 1.807) is 0 Å². The highest BCUT2D eigenvalue weighted by atomic mass is 16.4. The summed E-state index contributed by atoms with van der Waals surface area (Å²) in [5.74, 6) is -4.20. The summed E-state index contributed by atoms with van der Waals surface area (Å²) >= 11 is 0. The van der Waals surface area contributed by atoms with Gasteiger partial charge in [0, 0.05) is 5.69 Å². The van der Waals surface area contributed by atoms with Gasteiger partial charge in [0.15, 0.2) is 0 Å². The molecule has 1 aliphatic heterocycles. The number of carboxylic acids is 2. The summed E-state index contributed by atoms with van der Waals surface area (Å²) in [6.45, 7) is 1.12. The number of aliphatic carboxylic acids is 2. The SMILES string of the molecule is CC(=O)C(CC(=O)O)[C@H](N)C(=O)O.O=C1Cc2ccccc2N1. The van der Waals surface area contributed by atoms with Crippen LogP contribution >= 0.6 is 0 Å². The minimum atomic E-state index is -1.45. The molecule has 0 bridgehead atoms. The Morgan fingerprint density at radius 2 is 1.87 bits per heavy atom. The summed E-state index contributed by atoms with van der Waals surface area (Å²) in [6, 6.07) is 6.30. The molecule has 2 atom stereocenters. The van der Waals surface area contributed by atoms with Crippen molar-refractivity contribution in [2.45, 2.75) is 25.8 Å². The van der Waals surface area contributed by atoms with Gasteiger partial charge < -0.3 is 21.3 Å². The van der Waals surface area contributed by atoms with Crippen LogP contribution in [-0.2, 0) is 25.6 Å². The zero-order valence-electron chi connectivity index (χ0n) is 12.5. The standard InChI is InChI=1S/C8H7NO.C7H11NO5/c10-8-5-6-3-1-2-4-7(6)9-8;1-3(9)4(2-5(10)11)6(8)7(12)13/h1-4H,5H2,(H,9,10);4,6H,2,8H2,1H3,(H,10,11)(H,12,13)/t;4?,6-/m.0/s1. The van der Waals surface area contributed by atoms with Gasteiger partial charge in [-0.15, -0.1) is 0 Å². The number of hydrogen-bond acceptors (Lipinski definition) is 5. The molecule has 23 heavy (non-hydrogen) atoms. The zero-order chi connectivity index (χ0) is 17.6. The molecular weight excluding hydrogens is 304 g/mol. The fraction of sp³-hybridized carbons (Fsp3) is 0.333. The first-order valence-corrected chi connectivity index (χ1v) is 6.80. The van der Waals surface area contributed by atoms with E-state index in [0.717, 1.165) is 18.2 Å². The fourth-order valence-corrected chi connectivity index (χ4v) is 2.05. The molecule has 1 aliphatic rings. The van der Waals surface area contributed by atoms with Gasteiger partial charge in [-0.25, -0.2) is 0 Å². The highest BCUT2D eigenvalue weighted by molar-refractivity contribution is 5.98. The van der Waals surface area contributed by atoms with Crippen LogP contribution in [0.15, 0.2) is 24.3 Å². The molecule has 0 spiro atoms. The van der Waals surface area contributed by atoms with Gasteiger partial charge >= 0.3 is 11.9 Å². The number of nitrogens with two attached hydrogens (primary N) is 1. The van der Waals surface area contributed by atoms with Crippen LogP contribution in [-0.4, -0.2) is 39.9 Å². The zero-order valence-corrected chi connectivity index (χ0v) is 12.5. The highest BCUT2D eigenvalue weighted by Gasteiger charge is 2.29. The van der Waals surface area contributed by atoms with Crippen LogP contribution in [0, 0.1) is 5.92 Å². The van der Waals surface area contributed by atoms with E-state index in [1.165, 1.54) is 0 Å². The van der Waals surface area contributed by atoms with Crippen LogP contribution in [0.1, 0.15) is 18.9 Å². The number of nitrogens with one attached hydrogen (secondary N) is 1. The van der Waals surface area contributed by atoms with E-state index in [2.05, 4.69) is 5.32 Å². The van der Waals surface area contributed by atoms with Crippen LogP contribution in [0.5, 0.6) is 0 Å². The van der Waals surface area contributed by atoms with Gasteiger partial charge in [0.2, 0.25) is 5.91 Å². The van der Waals surface area contributed by atoms with E-state index in [1.807, 2.05) is 24.3 Å². The lowest BCUT2D eigenvalue weighted by atomic mass is 9.93. The second kappa shape index (κ2) is 8.04. The first kappa shape index (κ1) is 18.3. The summed E-state index contributed by atoms with van der Waals surface area (Å²) in [4.78, 5) is 42.2. The van der Waals surface area contributed by atoms with Crippen molar-refractivity contribution in [2.75, 3.05) is 5.32 Å². The molecule has 0 saturated heterocycles. The first-order valence-electron chi connectivity index (χ1n) is 6.80. The molecular formula is C15H18N2O6. The van der Waals surface area contributed by atoms with Gasteiger partial charge in [0.1, 0.15) is 11.8 Å². The number of para-hydroxylation sites is 1. The number of rotatable bonds is 5. The predicted molar refractivity (Wildman–Crippen MR) is 80.8 cm³/mol. The lowest BCUT2D eigenvalue weighted by molar-refractivity contribution is -0.145. The number of fused-ring (bicyclic) bond motifs is 1. The Balaban J connectivity index is 0.000000235. The minimum absolute atomic E-state index is 0.0983. The van der Waals surface area contributed by atoms with Crippen LogP contribution in [0.25, 0.3) is 0 Å². The second-order valence-corrected chi connectivity index (χ2v) is 5.06. The quantitative estimate of drug-likeness (QED) is 0.608. The summed E-state index contributed by atoms with van der Waals surface area (Å²) in [5, 5.41) is 19.6. The van der Waals surface area contributed by atoms with Crippen molar-refractivity contribution in [1.29, 1.82) is 0 Å². The second-order valence-electron chi connectivity index (χ2n) is 5.06. The number of benzene rings is 1. The summed E-state index contributed by atoms with van der Waals surface area (Å²) < 4.78 is 0. The lowest BCUT2D eigenvalue weighted by Gasteiger charge is -2.15. The molecule has 124 valence electrons. The van der Waals surface area contributed by atoms with Crippen LogP contribution < -0.4 is 11.1 Å².